The van der Waals surface area contributed by atoms with E-state index in [4.69, 9.17) is 4.74 Å². The number of anilines is 1. The smallest absolute Gasteiger partial charge is 0.229 e. The van der Waals surface area contributed by atoms with Gasteiger partial charge < -0.3 is 4.74 Å². The second kappa shape index (κ2) is 7.55. The predicted octanol–water partition coefficient (Wildman–Crippen LogP) is 1.72. The number of nitrogens with one attached hydrogen (secondary N) is 1. The van der Waals surface area contributed by atoms with Gasteiger partial charge in [0.2, 0.25) is 10.0 Å². The van der Waals surface area contributed by atoms with E-state index in [0.29, 0.717) is 18.3 Å². The third-order valence-electron chi connectivity index (χ3n) is 4.37. The number of ether oxygens (including phenoxy) is 1. The number of hydrogen-bond donors (Lipinski definition) is 1. The fourth-order valence-electron chi connectivity index (χ4n) is 3.33. The molecular formula is C17H24N4O3S. The van der Waals surface area contributed by atoms with E-state index in [-0.39, 0.29) is 6.04 Å². The largest absolute Gasteiger partial charge is 0.383 e. The Morgan fingerprint density at radius 3 is 2.76 bits per heavy atom. The maximum atomic E-state index is 11.4. The van der Waals surface area contributed by atoms with Gasteiger partial charge in [-0.1, -0.05) is 30.3 Å². The van der Waals surface area contributed by atoms with Crippen LogP contribution in [-0.2, 0) is 21.3 Å². The second-order valence-corrected chi connectivity index (χ2v) is 8.25. The quantitative estimate of drug-likeness (QED) is 0.809. The molecule has 1 aliphatic heterocycles. The zero-order valence-corrected chi connectivity index (χ0v) is 15.3. The minimum Gasteiger partial charge on any atom is -0.383 e. The zero-order valence-electron chi connectivity index (χ0n) is 14.5. The van der Waals surface area contributed by atoms with Crippen LogP contribution in [0.25, 0.3) is 0 Å². The third-order valence-corrected chi connectivity index (χ3v) is 4.98. The lowest BCUT2D eigenvalue weighted by Crippen LogP contribution is -2.32. The van der Waals surface area contributed by atoms with E-state index >= 15 is 0 Å². The van der Waals surface area contributed by atoms with Crippen molar-refractivity contribution in [1.29, 1.82) is 0 Å². The fourth-order valence-corrected chi connectivity index (χ4v) is 3.86. The molecule has 0 spiro atoms. The van der Waals surface area contributed by atoms with Crippen molar-refractivity contribution in [2.24, 2.45) is 0 Å². The van der Waals surface area contributed by atoms with Crippen LogP contribution in [0.4, 0.5) is 5.69 Å². The van der Waals surface area contributed by atoms with E-state index in [2.05, 4.69) is 26.9 Å². The topological polar surface area (TPSA) is 76.5 Å². The van der Waals surface area contributed by atoms with Gasteiger partial charge in [-0.25, -0.2) is 8.42 Å². The number of likely N-dealkylation sites (tertiary alicyclic amines) is 1. The fraction of sp³-hybridized carbons (Fsp3) is 0.471. The van der Waals surface area contributed by atoms with Crippen LogP contribution in [0.3, 0.4) is 0 Å². The Morgan fingerprint density at radius 2 is 2.08 bits per heavy atom. The summed E-state index contributed by atoms with van der Waals surface area (Å²) in [4.78, 5) is 2.40. The lowest BCUT2D eigenvalue weighted by molar-refractivity contribution is 0.112. The van der Waals surface area contributed by atoms with Crippen molar-refractivity contribution < 1.29 is 13.2 Å². The summed E-state index contributed by atoms with van der Waals surface area (Å²) < 4.78 is 32.4. The van der Waals surface area contributed by atoms with E-state index in [1.807, 2.05) is 22.9 Å². The number of rotatable bonds is 7. The van der Waals surface area contributed by atoms with Crippen LogP contribution in [-0.4, -0.2) is 55.7 Å². The lowest BCUT2D eigenvalue weighted by Gasteiger charge is -2.23. The summed E-state index contributed by atoms with van der Waals surface area (Å²) in [6.07, 6.45) is 5.35. The van der Waals surface area contributed by atoms with Gasteiger partial charge in [-0.05, 0) is 12.0 Å². The standard InChI is InChI=1S/C17H24N4O3S/c1-24-13-17-8-16(12-20(17)10-14-6-4-3-5-7-14)21-11-15(9-18-21)19-25(2,22)23/h3-7,9,11,16-17,19H,8,10,12-13H2,1-2H3/t16-,17-/m0/s1. The maximum absolute atomic E-state index is 11.4. The highest BCUT2D eigenvalue weighted by Gasteiger charge is 2.33. The molecule has 2 aromatic rings. The second-order valence-electron chi connectivity index (χ2n) is 6.50. The van der Waals surface area contributed by atoms with Crippen molar-refractivity contribution in [3.05, 3.63) is 48.3 Å². The average Bonchev–Trinajstić information content (AvgIpc) is 3.15. The summed E-state index contributed by atoms with van der Waals surface area (Å²) in [6, 6.07) is 10.9. The van der Waals surface area contributed by atoms with E-state index in [0.717, 1.165) is 25.8 Å². The molecule has 0 saturated carbocycles. The predicted molar refractivity (Wildman–Crippen MR) is 96.9 cm³/mol. The summed E-state index contributed by atoms with van der Waals surface area (Å²) in [7, 11) is -1.57. The molecule has 0 bridgehead atoms. The molecule has 2 atom stereocenters. The molecule has 0 radical (unpaired) electrons. The Bertz CT molecular complexity index is 791. The first-order chi connectivity index (χ1) is 11.9. The van der Waals surface area contributed by atoms with Crippen LogP contribution in [0.2, 0.25) is 0 Å². The van der Waals surface area contributed by atoms with Gasteiger partial charge in [0.1, 0.15) is 0 Å². The van der Waals surface area contributed by atoms with Gasteiger partial charge in [-0.15, -0.1) is 0 Å². The van der Waals surface area contributed by atoms with Crippen LogP contribution in [0.5, 0.6) is 0 Å². The van der Waals surface area contributed by atoms with Crippen molar-refractivity contribution in [2.75, 3.05) is 31.2 Å². The van der Waals surface area contributed by atoms with Gasteiger partial charge in [-0.2, -0.15) is 5.10 Å². The molecule has 0 aliphatic carbocycles. The number of nitrogens with zero attached hydrogens (tertiary/aromatic N) is 3. The molecule has 3 rings (SSSR count). The first kappa shape index (κ1) is 17.9. The molecule has 7 nitrogen and oxygen atoms in total. The summed E-state index contributed by atoms with van der Waals surface area (Å²) in [5, 5.41) is 4.34. The van der Waals surface area contributed by atoms with Gasteiger partial charge >= 0.3 is 0 Å². The van der Waals surface area contributed by atoms with Crippen molar-refractivity contribution in [3.63, 3.8) is 0 Å². The van der Waals surface area contributed by atoms with Gasteiger partial charge in [0.05, 0.1) is 30.8 Å². The molecule has 0 amide bonds. The van der Waals surface area contributed by atoms with E-state index in [1.165, 1.54) is 5.56 Å². The highest BCUT2D eigenvalue weighted by molar-refractivity contribution is 7.92. The molecule has 136 valence electrons. The number of methoxy groups -OCH3 is 1. The van der Waals surface area contributed by atoms with Crippen LogP contribution in [0, 0.1) is 0 Å². The minimum absolute atomic E-state index is 0.193. The molecule has 25 heavy (non-hydrogen) atoms. The SMILES string of the molecule is COC[C@@H]1C[C@H](n2cc(NS(C)(=O)=O)cn2)CN1Cc1ccccc1. The average molecular weight is 364 g/mol. The summed E-state index contributed by atoms with van der Waals surface area (Å²) in [6.45, 7) is 2.38. The van der Waals surface area contributed by atoms with Gasteiger partial charge in [0.25, 0.3) is 0 Å². The summed E-state index contributed by atoms with van der Waals surface area (Å²) in [5.41, 5.74) is 1.76. The van der Waals surface area contributed by atoms with Gasteiger partial charge in [0, 0.05) is 32.4 Å². The molecule has 1 aromatic heterocycles. The van der Waals surface area contributed by atoms with Crippen LogP contribution in [0.1, 0.15) is 18.0 Å². The minimum atomic E-state index is -3.29. The third kappa shape index (κ3) is 4.81. The molecule has 2 heterocycles. The van der Waals surface area contributed by atoms with E-state index in [1.54, 1.807) is 19.5 Å². The molecule has 1 N–H and O–H groups in total. The Morgan fingerprint density at radius 1 is 1.32 bits per heavy atom. The van der Waals surface area contributed by atoms with Crippen molar-refractivity contribution in [3.8, 4) is 0 Å². The Hall–Kier alpha value is -1.90. The molecule has 1 aliphatic rings. The van der Waals surface area contributed by atoms with Crippen LogP contribution < -0.4 is 4.72 Å². The van der Waals surface area contributed by atoms with Crippen molar-refractivity contribution in [1.82, 2.24) is 14.7 Å². The van der Waals surface area contributed by atoms with Crippen LogP contribution >= 0.6 is 0 Å². The van der Waals surface area contributed by atoms with Crippen molar-refractivity contribution in [2.45, 2.75) is 25.0 Å². The number of aromatic nitrogens is 2. The number of benzene rings is 1. The molecule has 0 unspecified atom stereocenters. The normalized spacial score (nSPS) is 21.5. The summed E-state index contributed by atoms with van der Waals surface area (Å²) in [5.74, 6) is 0. The summed E-state index contributed by atoms with van der Waals surface area (Å²) >= 11 is 0. The first-order valence-electron chi connectivity index (χ1n) is 8.23. The van der Waals surface area contributed by atoms with Gasteiger partial charge in [-0.3, -0.25) is 14.3 Å². The zero-order chi connectivity index (χ0) is 17.9. The monoisotopic (exact) mass is 364 g/mol. The molecule has 1 saturated heterocycles. The Kier molecular flexibility index (Phi) is 5.41. The Labute approximate surface area is 148 Å². The molecule has 8 heteroatoms. The number of sulfonamides is 1. The van der Waals surface area contributed by atoms with Gasteiger partial charge in [0.15, 0.2) is 0 Å². The van der Waals surface area contributed by atoms with E-state index < -0.39 is 10.0 Å². The number of hydrogen-bond acceptors (Lipinski definition) is 5. The first-order valence-corrected chi connectivity index (χ1v) is 10.1. The molecule has 1 fully saturated rings. The van der Waals surface area contributed by atoms with E-state index in [9.17, 15) is 8.42 Å². The highest BCUT2D eigenvalue weighted by atomic mass is 32.2. The molecular weight excluding hydrogens is 340 g/mol. The van der Waals surface area contributed by atoms with Crippen molar-refractivity contribution >= 4 is 15.7 Å². The Balaban J connectivity index is 1.71. The highest BCUT2D eigenvalue weighted by Crippen LogP contribution is 2.29. The maximum Gasteiger partial charge on any atom is 0.229 e. The lowest BCUT2D eigenvalue weighted by atomic mass is 10.1. The van der Waals surface area contributed by atoms with Crippen LogP contribution in [0.15, 0.2) is 42.7 Å². The molecule has 1 aromatic carbocycles.